The normalized spacial score (nSPS) is 18.2. The second-order valence-electron chi connectivity index (χ2n) is 4.23. The van der Waals surface area contributed by atoms with Gasteiger partial charge in [-0.25, -0.2) is 0 Å². The first-order chi connectivity index (χ1) is 9.15. The Kier molecular flexibility index (Phi) is 4.66. The predicted octanol–water partition coefficient (Wildman–Crippen LogP) is 1.99. The van der Waals surface area contributed by atoms with Crippen LogP contribution in [0.4, 0.5) is 0 Å². The van der Waals surface area contributed by atoms with Gasteiger partial charge in [-0.1, -0.05) is 0 Å². The molecule has 1 aliphatic heterocycles. The van der Waals surface area contributed by atoms with Gasteiger partial charge in [0.05, 0.1) is 26.9 Å². The molecule has 1 fully saturated rings. The zero-order chi connectivity index (χ0) is 13.8. The van der Waals surface area contributed by atoms with Crippen molar-refractivity contribution in [2.75, 3.05) is 27.4 Å². The van der Waals surface area contributed by atoms with Gasteiger partial charge in [0.2, 0.25) is 0 Å². The summed E-state index contributed by atoms with van der Waals surface area (Å²) < 4.78 is 16.4. The lowest BCUT2D eigenvalue weighted by atomic mass is 10.1. The minimum Gasteiger partial charge on any atom is -0.495 e. The van der Waals surface area contributed by atoms with Crippen LogP contribution in [-0.4, -0.2) is 39.4 Å². The van der Waals surface area contributed by atoms with Crippen LogP contribution in [0.3, 0.4) is 0 Å². The lowest BCUT2D eigenvalue weighted by Gasteiger charge is -2.14. The molecule has 1 N–H and O–H groups in total. The van der Waals surface area contributed by atoms with Crippen molar-refractivity contribution in [2.24, 2.45) is 0 Å². The van der Waals surface area contributed by atoms with Crippen molar-refractivity contribution in [1.82, 2.24) is 5.32 Å². The number of benzene rings is 1. The average Bonchev–Trinajstić information content (AvgIpc) is 2.91. The number of carbonyl (C=O) groups is 1. The van der Waals surface area contributed by atoms with Gasteiger partial charge in [0.25, 0.3) is 5.91 Å². The molecule has 0 radical (unpaired) electrons. The van der Waals surface area contributed by atoms with Crippen molar-refractivity contribution < 1.29 is 19.0 Å². The Morgan fingerprint density at radius 3 is 2.47 bits per heavy atom. The molecule has 2 rings (SSSR count). The first-order valence-electron chi connectivity index (χ1n) is 5.96. The molecule has 0 aliphatic carbocycles. The summed E-state index contributed by atoms with van der Waals surface area (Å²) in [6.45, 7) is 1.26. The Hall–Kier alpha value is -1.27. The van der Waals surface area contributed by atoms with Crippen molar-refractivity contribution >= 4 is 21.8 Å². The first-order valence-corrected chi connectivity index (χ1v) is 6.75. The van der Waals surface area contributed by atoms with Gasteiger partial charge < -0.3 is 19.5 Å². The summed E-state index contributed by atoms with van der Waals surface area (Å²) in [5.41, 5.74) is 0.504. The molecule has 0 bridgehead atoms. The number of amides is 1. The van der Waals surface area contributed by atoms with Crippen LogP contribution in [-0.2, 0) is 4.74 Å². The molecule has 0 unspecified atom stereocenters. The molecular formula is C13H16BrNO4. The SMILES string of the molecule is COc1cc(C(=O)N[C@H]2CCOC2)cc(OC)c1Br. The minimum absolute atomic E-state index is 0.0770. The summed E-state index contributed by atoms with van der Waals surface area (Å²) in [7, 11) is 3.10. The van der Waals surface area contributed by atoms with Crippen LogP contribution in [0.25, 0.3) is 0 Å². The standard InChI is InChI=1S/C13H16BrNO4/c1-17-10-5-8(6-11(18-2)12(10)14)13(16)15-9-3-4-19-7-9/h5-6,9H,3-4,7H2,1-2H3,(H,15,16)/t9-/m0/s1. The van der Waals surface area contributed by atoms with Gasteiger partial charge >= 0.3 is 0 Å². The van der Waals surface area contributed by atoms with Gasteiger partial charge in [0.1, 0.15) is 16.0 Å². The average molecular weight is 330 g/mol. The van der Waals surface area contributed by atoms with E-state index in [2.05, 4.69) is 21.2 Å². The van der Waals surface area contributed by atoms with E-state index in [0.29, 0.717) is 34.7 Å². The molecule has 19 heavy (non-hydrogen) atoms. The second-order valence-corrected chi connectivity index (χ2v) is 5.02. The number of nitrogens with one attached hydrogen (secondary N) is 1. The molecule has 104 valence electrons. The molecule has 0 aromatic heterocycles. The third-order valence-electron chi connectivity index (χ3n) is 2.97. The lowest BCUT2D eigenvalue weighted by molar-refractivity contribution is 0.0929. The highest BCUT2D eigenvalue weighted by Crippen LogP contribution is 2.35. The third kappa shape index (κ3) is 3.19. The number of methoxy groups -OCH3 is 2. The number of carbonyl (C=O) groups excluding carboxylic acids is 1. The molecule has 6 heteroatoms. The van der Waals surface area contributed by atoms with Gasteiger partial charge in [0.15, 0.2) is 0 Å². The van der Waals surface area contributed by atoms with E-state index in [-0.39, 0.29) is 11.9 Å². The Morgan fingerprint density at radius 1 is 1.37 bits per heavy atom. The fraction of sp³-hybridized carbons (Fsp3) is 0.462. The fourth-order valence-corrected chi connectivity index (χ4v) is 2.47. The van der Waals surface area contributed by atoms with E-state index in [1.165, 1.54) is 0 Å². The van der Waals surface area contributed by atoms with E-state index in [9.17, 15) is 4.79 Å². The molecule has 1 aromatic carbocycles. The van der Waals surface area contributed by atoms with E-state index < -0.39 is 0 Å². The molecule has 1 aromatic rings. The van der Waals surface area contributed by atoms with Crippen LogP contribution in [0.1, 0.15) is 16.8 Å². The maximum absolute atomic E-state index is 12.2. The number of halogens is 1. The van der Waals surface area contributed by atoms with Crippen LogP contribution in [0.15, 0.2) is 16.6 Å². The molecule has 1 saturated heterocycles. The first kappa shape index (κ1) is 14.1. The van der Waals surface area contributed by atoms with Gasteiger partial charge in [-0.3, -0.25) is 4.79 Å². The van der Waals surface area contributed by atoms with E-state index in [1.54, 1.807) is 26.4 Å². The number of hydrogen-bond donors (Lipinski definition) is 1. The predicted molar refractivity (Wildman–Crippen MR) is 73.9 cm³/mol. The van der Waals surface area contributed by atoms with Crippen molar-refractivity contribution in [1.29, 1.82) is 0 Å². The molecule has 1 aliphatic rings. The van der Waals surface area contributed by atoms with Crippen LogP contribution < -0.4 is 14.8 Å². The quantitative estimate of drug-likeness (QED) is 0.917. The summed E-state index contributed by atoms with van der Waals surface area (Å²) in [5, 5.41) is 2.93. The van der Waals surface area contributed by atoms with Crippen molar-refractivity contribution in [3.63, 3.8) is 0 Å². The van der Waals surface area contributed by atoms with Crippen molar-refractivity contribution in [3.05, 3.63) is 22.2 Å². The van der Waals surface area contributed by atoms with E-state index >= 15 is 0 Å². The monoisotopic (exact) mass is 329 g/mol. The van der Waals surface area contributed by atoms with Crippen LogP contribution in [0, 0.1) is 0 Å². The summed E-state index contributed by atoms with van der Waals surface area (Å²) in [4.78, 5) is 12.2. The van der Waals surface area contributed by atoms with Crippen molar-refractivity contribution in [3.8, 4) is 11.5 Å². The minimum atomic E-state index is -0.153. The van der Waals surface area contributed by atoms with Gasteiger partial charge in [-0.2, -0.15) is 0 Å². The largest absolute Gasteiger partial charge is 0.495 e. The Labute approximate surface area is 120 Å². The van der Waals surface area contributed by atoms with Gasteiger partial charge in [-0.05, 0) is 34.5 Å². The summed E-state index contributed by atoms with van der Waals surface area (Å²) in [6, 6.07) is 3.43. The number of ether oxygens (including phenoxy) is 3. The van der Waals surface area contributed by atoms with Crippen LogP contribution in [0.5, 0.6) is 11.5 Å². The molecule has 1 atom stereocenters. The summed E-state index contributed by atoms with van der Waals surface area (Å²) in [6.07, 6.45) is 0.844. The number of rotatable bonds is 4. The van der Waals surface area contributed by atoms with Gasteiger partial charge in [-0.15, -0.1) is 0 Å². The Morgan fingerprint density at radius 2 is 2.00 bits per heavy atom. The molecule has 5 nitrogen and oxygen atoms in total. The smallest absolute Gasteiger partial charge is 0.251 e. The van der Waals surface area contributed by atoms with E-state index in [1.807, 2.05) is 0 Å². The topological polar surface area (TPSA) is 56.8 Å². The zero-order valence-electron chi connectivity index (χ0n) is 10.9. The number of hydrogen-bond acceptors (Lipinski definition) is 4. The highest BCUT2D eigenvalue weighted by molar-refractivity contribution is 9.10. The maximum atomic E-state index is 12.2. The molecule has 0 spiro atoms. The third-order valence-corrected chi connectivity index (χ3v) is 3.75. The van der Waals surface area contributed by atoms with Gasteiger partial charge in [0, 0.05) is 12.2 Å². The molecular weight excluding hydrogens is 314 g/mol. The Balaban J connectivity index is 2.20. The van der Waals surface area contributed by atoms with Crippen LogP contribution >= 0.6 is 15.9 Å². The second kappa shape index (κ2) is 6.25. The maximum Gasteiger partial charge on any atom is 0.251 e. The molecule has 1 heterocycles. The Bertz CT molecular complexity index is 447. The van der Waals surface area contributed by atoms with Crippen molar-refractivity contribution in [2.45, 2.75) is 12.5 Å². The summed E-state index contributed by atoms with van der Waals surface area (Å²) >= 11 is 3.37. The zero-order valence-corrected chi connectivity index (χ0v) is 12.5. The molecule has 0 saturated carbocycles. The van der Waals surface area contributed by atoms with E-state index in [4.69, 9.17) is 14.2 Å². The lowest BCUT2D eigenvalue weighted by Crippen LogP contribution is -2.35. The van der Waals surface area contributed by atoms with Crippen LogP contribution in [0.2, 0.25) is 0 Å². The van der Waals surface area contributed by atoms with E-state index in [0.717, 1.165) is 6.42 Å². The highest BCUT2D eigenvalue weighted by Gasteiger charge is 2.20. The highest BCUT2D eigenvalue weighted by atomic mass is 79.9. The fourth-order valence-electron chi connectivity index (χ4n) is 1.92. The molecule has 1 amide bonds. The summed E-state index contributed by atoms with van der Waals surface area (Å²) in [5.74, 6) is 0.971.